The van der Waals surface area contributed by atoms with Crippen molar-refractivity contribution in [1.82, 2.24) is 0 Å². The van der Waals surface area contributed by atoms with E-state index in [-0.39, 0.29) is 51.2 Å². The largest absolute Gasteiger partial charge is 2.00 e. The fraction of sp³-hybridized carbons (Fsp3) is 0.105. The maximum atomic E-state index is 7.50. The first-order chi connectivity index (χ1) is 12.3. The van der Waals surface area contributed by atoms with Gasteiger partial charge in [-0.05, 0) is 0 Å². The molecule has 3 rings (SSSR count). The van der Waals surface area contributed by atoms with Crippen molar-refractivity contribution in [3.8, 4) is 0 Å². The Kier molecular flexibility index (Phi) is 80.6. The molecule has 0 saturated carbocycles. The van der Waals surface area contributed by atoms with Gasteiger partial charge in [-0.25, -0.2) is 36.4 Å². The van der Waals surface area contributed by atoms with Crippen LogP contribution in [-0.4, -0.2) is 0 Å². The van der Waals surface area contributed by atoms with Gasteiger partial charge in [0.2, 0.25) is 0 Å². The van der Waals surface area contributed by atoms with Crippen LogP contribution in [0.2, 0.25) is 0 Å². The van der Waals surface area contributed by atoms with E-state index in [9.17, 15) is 0 Å². The van der Waals surface area contributed by atoms with Crippen LogP contribution in [0.15, 0.2) is 78.9 Å². The second kappa shape index (κ2) is 49.9. The molecule has 0 aliphatic heterocycles. The van der Waals surface area contributed by atoms with Crippen LogP contribution in [0.25, 0.3) is 11.2 Å². The van der Waals surface area contributed by atoms with Gasteiger partial charge in [0.1, 0.15) is 0 Å². The zero-order valence-electron chi connectivity index (χ0n) is 15.1. The molecule has 3 aromatic carbocycles. The molecule has 0 atom stereocenters. The summed E-state index contributed by atoms with van der Waals surface area (Å²) in [6, 6.07) is 26.5. The summed E-state index contributed by atoms with van der Waals surface area (Å²) >= 11 is 0. The average Bonchev–Trinajstić information content (AvgIpc) is 3.48. The van der Waals surface area contributed by atoms with Crippen LogP contribution in [0.5, 0.6) is 0 Å². The summed E-state index contributed by atoms with van der Waals surface area (Å²) in [7, 11) is 0. The van der Waals surface area contributed by atoms with Gasteiger partial charge in [0.05, 0.1) is 0 Å². The van der Waals surface area contributed by atoms with E-state index in [2.05, 4.69) is 51.4 Å². The van der Waals surface area contributed by atoms with E-state index >= 15 is 0 Å². The van der Waals surface area contributed by atoms with Gasteiger partial charge in [0, 0.05) is 17.1 Å². The Hall–Kier alpha value is -1.71. The molecule has 3 aromatic rings. The zero-order valence-corrected chi connectivity index (χ0v) is 18.5. The number of rotatable bonds is 0. The quantitative estimate of drug-likeness (QED) is 0.231. The first-order valence-corrected chi connectivity index (χ1v) is 6.59. The van der Waals surface area contributed by atoms with Crippen molar-refractivity contribution in [3.05, 3.63) is 124 Å². The Morgan fingerprint density at radius 2 is 1.00 bits per heavy atom. The third-order valence-corrected chi connectivity index (χ3v) is 2.21. The smallest absolute Gasteiger partial charge is 0.577 e. The molecule has 0 amide bonds. The molecule has 28 heavy (non-hydrogen) atoms. The van der Waals surface area contributed by atoms with Crippen LogP contribution in [0.3, 0.4) is 0 Å². The Labute approximate surface area is 198 Å². The van der Waals surface area contributed by atoms with Crippen molar-refractivity contribution < 1.29 is 60.5 Å². The van der Waals surface area contributed by atoms with Crippen molar-refractivity contribution in [2.45, 2.75) is 13.8 Å². The van der Waals surface area contributed by atoms with E-state index in [1.54, 1.807) is 0 Å². The normalized spacial score (nSPS) is 5.64. The van der Waals surface area contributed by atoms with Crippen molar-refractivity contribution in [3.63, 3.8) is 0 Å². The molecule has 0 unspecified atom stereocenters. The van der Waals surface area contributed by atoms with Gasteiger partial charge in [0.15, 0.2) is 0 Å². The fourth-order valence-corrected chi connectivity index (χ4v) is 1.26. The minimum Gasteiger partial charge on any atom is -0.577 e. The van der Waals surface area contributed by atoms with Gasteiger partial charge in [-0.1, -0.05) is 13.8 Å². The first-order valence-electron chi connectivity index (χ1n) is 6.59. The molecule has 0 N–H and O–H groups in total. The molecule has 6 nitrogen and oxygen atoms in total. The van der Waals surface area contributed by atoms with Gasteiger partial charge >= 0.3 is 56.7 Å². The average molecular weight is 506 g/mol. The Morgan fingerprint density at radius 1 is 0.714 bits per heavy atom. The minimum absolute atomic E-state index is 0. The summed E-state index contributed by atoms with van der Waals surface area (Å²) in [5.74, 6) is 0. The second-order valence-corrected chi connectivity index (χ2v) is 3.89. The Balaban J connectivity index is -0.0000000385. The van der Waals surface area contributed by atoms with Crippen molar-refractivity contribution in [1.29, 1.82) is 0 Å². The molecule has 0 spiro atoms. The van der Waals surface area contributed by atoms with Crippen molar-refractivity contribution in [2.24, 2.45) is 0 Å². The summed E-state index contributed by atoms with van der Waals surface area (Å²) in [6.07, 6.45) is 0. The van der Waals surface area contributed by atoms with Crippen molar-refractivity contribution >= 4 is 0 Å². The summed E-state index contributed by atoms with van der Waals surface area (Å²) in [5.41, 5.74) is 14.2. The third-order valence-electron chi connectivity index (χ3n) is 2.21. The number of nitrogens with zero attached hydrogens (tertiary/aromatic N) is 2. The van der Waals surface area contributed by atoms with Crippen LogP contribution in [-0.2, 0) is 60.5 Å². The molecule has 1 radical (unpaired) electrons. The second-order valence-electron chi connectivity index (χ2n) is 3.89. The van der Waals surface area contributed by atoms with E-state index in [1.165, 1.54) is 11.1 Å². The molecule has 0 bridgehead atoms. The summed E-state index contributed by atoms with van der Waals surface area (Å²) in [6.45, 7) is 13.2. The van der Waals surface area contributed by atoms with Gasteiger partial charge < -0.3 is 21.0 Å². The maximum absolute atomic E-state index is 7.50. The molecular weight excluding hydrogens is 487 g/mol. The number of hydrogen-bond acceptors (Lipinski definition) is 2. The molecule has 0 aliphatic rings. The SMILES string of the molecule is Cc1ccc[cH-]1.Cc1ccc[cH-]1.[C-]#[O+].[C-]#[O+].[Fe+2].[Fe].[Mn+2].[N-]=O.[N-]=O.c1cc[cH-]c1. The molecule has 153 valence electrons. The molecule has 0 aromatic heterocycles. The zero-order chi connectivity index (χ0) is 20.3. The fourth-order valence-electron chi connectivity index (χ4n) is 1.26. The van der Waals surface area contributed by atoms with Crippen LogP contribution in [0, 0.1) is 37.0 Å². The standard InChI is InChI=1S/2C6H7.C5H5.2CO.2Fe.Mn.2NO/c2*1-6-4-2-3-5-6;1-2-4-5-3-1;2*1-2;;;;2*1-2/h2*2-5H,1H3;1-5H;;;;;;;/q3*-1;;;;2*+2;2*-1. The number of nitroso groups, excluding NO2 is 2. The van der Waals surface area contributed by atoms with Gasteiger partial charge in [0.25, 0.3) is 0 Å². The number of aryl methyl sites for hydroxylation is 2. The van der Waals surface area contributed by atoms with Crippen LogP contribution in [0.4, 0.5) is 0 Å². The molecule has 0 aliphatic carbocycles. The van der Waals surface area contributed by atoms with E-state index in [0.29, 0.717) is 0 Å². The predicted molar refractivity (Wildman–Crippen MR) is 96.9 cm³/mol. The van der Waals surface area contributed by atoms with Crippen LogP contribution >= 0.6 is 0 Å². The molecule has 0 saturated heterocycles. The molecule has 0 heterocycles. The van der Waals surface area contributed by atoms with E-state index in [0.717, 1.165) is 0 Å². The predicted octanol–water partition coefficient (Wildman–Crippen LogP) is 5.40. The maximum Gasteiger partial charge on any atom is 2.00 e. The summed E-state index contributed by atoms with van der Waals surface area (Å²) < 4.78 is 15.0. The van der Waals surface area contributed by atoms with Gasteiger partial charge in [-0.2, -0.15) is 53.6 Å². The molecule has 0 fully saturated rings. The van der Waals surface area contributed by atoms with E-state index in [4.69, 9.17) is 30.3 Å². The van der Waals surface area contributed by atoms with Gasteiger partial charge in [-0.3, -0.25) is 0 Å². The van der Waals surface area contributed by atoms with Crippen LogP contribution < -0.4 is 0 Å². The van der Waals surface area contributed by atoms with E-state index in [1.807, 2.05) is 54.6 Å². The monoisotopic (exact) mass is 506 g/mol. The molecular formula is C19H19Fe2MnN2O4-. The van der Waals surface area contributed by atoms with Gasteiger partial charge in [-0.15, -0.1) is 0 Å². The first kappa shape index (κ1) is 45.2. The van der Waals surface area contributed by atoms with Crippen molar-refractivity contribution in [2.75, 3.05) is 0 Å². The summed E-state index contributed by atoms with van der Waals surface area (Å²) in [5, 5.41) is 0. The Morgan fingerprint density at radius 3 is 1.07 bits per heavy atom. The Bertz CT molecular complexity index is 512. The van der Waals surface area contributed by atoms with Crippen LogP contribution in [0.1, 0.15) is 11.1 Å². The third kappa shape index (κ3) is 44.1. The topological polar surface area (TPSA) is 119 Å². The van der Waals surface area contributed by atoms with E-state index < -0.39 is 0 Å². The summed E-state index contributed by atoms with van der Waals surface area (Å²) in [4.78, 5) is 14.5. The molecule has 9 heteroatoms. The minimum atomic E-state index is 0. The number of hydrogen-bond donors (Lipinski definition) is 0.